The third-order valence-corrected chi connectivity index (χ3v) is 4.57. The monoisotopic (exact) mass is 342 g/mol. The van der Waals surface area contributed by atoms with Crippen molar-refractivity contribution in [2.24, 2.45) is 0 Å². The quantitative estimate of drug-likeness (QED) is 0.731. The van der Waals surface area contributed by atoms with Gasteiger partial charge in [0.2, 0.25) is 5.91 Å². The molecule has 0 saturated heterocycles. The molecule has 1 aromatic carbocycles. The minimum Gasteiger partial charge on any atom is -0.497 e. The van der Waals surface area contributed by atoms with E-state index in [1.807, 2.05) is 43.3 Å². The summed E-state index contributed by atoms with van der Waals surface area (Å²) in [5, 5.41) is 2.87. The molecule has 1 rings (SSSR count). The molecule has 0 aromatic heterocycles. The smallest absolute Gasteiger partial charge is 0.220 e. The fourth-order valence-electron chi connectivity index (χ4n) is 2.22. The van der Waals surface area contributed by atoms with Crippen LogP contribution in [-0.2, 0) is 14.6 Å². The van der Waals surface area contributed by atoms with Crippen molar-refractivity contribution in [3.63, 3.8) is 0 Å². The standard InChI is InChI=1S/C16H26N2O4S/c1-18(2)15(13-7-9-14(22-3)10-8-13)12-17-16(19)6-5-11-23(4,20)21/h7-10,15H,5-6,11-12H2,1-4H3,(H,17,19). The zero-order valence-electron chi connectivity index (χ0n) is 14.2. The lowest BCUT2D eigenvalue weighted by molar-refractivity contribution is -0.121. The summed E-state index contributed by atoms with van der Waals surface area (Å²) in [6, 6.07) is 7.76. The van der Waals surface area contributed by atoms with Crippen LogP contribution in [0.5, 0.6) is 5.75 Å². The van der Waals surface area contributed by atoms with E-state index >= 15 is 0 Å². The maximum absolute atomic E-state index is 11.8. The van der Waals surface area contributed by atoms with Crippen LogP contribution in [0.15, 0.2) is 24.3 Å². The Balaban J connectivity index is 2.54. The maximum Gasteiger partial charge on any atom is 0.220 e. The molecule has 1 N–H and O–H groups in total. The van der Waals surface area contributed by atoms with Crippen LogP contribution in [0, 0.1) is 0 Å². The summed E-state index contributed by atoms with van der Waals surface area (Å²) in [6.07, 6.45) is 1.74. The number of ether oxygens (including phenoxy) is 1. The van der Waals surface area contributed by atoms with E-state index in [1.54, 1.807) is 7.11 Å². The van der Waals surface area contributed by atoms with Crippen LogP contribution in [0.2, 0.25) is 0 Å². The van der Waals surface area contributed by atoms with Gasteiger partial charge >= 0.3 is 0 Å². The van der Waals surface area contributed by atoms with Gasteiger partial charge in [-0.2, -0.15) is 0 Å². The Bertz CT molecular complexity index is 597. The average molecular weight is 342 g/mol. The normalized spacial score (nSPS) is 12.9. The Morgan fingerprint density at radius 2 is 1.87 bits per heavy atom. The molecule has 1 aromatic rings. The summed E-state index contributed by atoms with van der Waals surface area (Å²) >= 11 is 0. The van der Waals surface area contributed by atoms with Crippen molar-refractivity contribution < 1.29 is 17.9 Å². The Morgan fingerprint density at radius 3 is 2.35 bits per heavy atom. The van der Waals surface area contributed by atoms with Gasteiger partial charge in [0.25, 0.3) is 0 Å². The third kappa shape index (κ3) is 7.47. The maximum atomic E-state index is 11.8. The van der Waals surface area contributed by atoms with Gasteiger partial charge in [0, 0.05) is 19.2 Å². The number of hydrogen-bond donors (Lipinski definition) is 1. The molecule has 1 atom stereocenters. The van der Waals surface area contributed by atoms with Crippen LogP contribution in [0.4, 0.5) is 0 Å². The number of amides is 1. The lowest BCUT2D eigenvalue weighted by Crippen LogP contribution is -2.34. The number of methoxy groups -OCH3 is 1. The summed E-state index contributed by atoms with van der Waals surface area (Å²) in [7, 11) is 2.50. The van der Waals surface area contributed by atoms with Gasteiger partial charge in [-0.15, -0.1) is 0 Å². The molecule has 0 aliphatic rings. The van der Waals surface area contributed by atoms with Crippen LogP contribution in [-0.4, -0.2) is 59.0 Å². The third-order valence-electron chi connectivity index (χ3n) is 3.54. The van der Waals surface area contributed by atoms with Crippen LogP contribution < -0.4 is 10.1 Å². The highest BCUT2D eigenvalue weighted by Crippen LogP contribution is 2.20. The van der Waals surface area contributed by atoms with Gasteiger partial charge in [-0.1, -0.05) is 12.1 Å². The molecule has 0 saturated carbocycles. The highest BCUT2D eigenvalue weighted by Gasteiger charge is 2.15. The van der Waals surface area contributed by atoms with Gasteiger partial charge in [-0.3, -0.25) is 4.79 Å². The minimum absolute atomic E-state index is 0.0377. The summed E-state index contributed by atoms with van der Waals surface area (Å²) in [5.41, 5.74) is 1.08. The second-order valence-corrected chi connectivity index (χ2v) is 8.05. The number of likely N-dealkylation sites (N-methyl/N-ethyl adjacent to an activating group) is 1. The topological polar surface area (TPSA) is 75.7 Å². The van der Waals surface area contributed by atoms with E-state index in [0.717, 1.165) is 11.3 Å². The lowest BCUT2D eigenvalue weighted by atomic mass is 10.1. The second-order valence-electron chi connectivity index (χ2n) is 5.79. The van der Waals surface area contributed by atoms with Gasteiger partial charge in [0.05, 0.1) is 18.9 Å². The van der Waals surface area contributed by atoms with E-state index < -0.39 is 9.84 Å². The summed E-state index contributed by atoms with van der Waals surface area (Å²) in [6.45, 7) is 0.469. The zero-order valence-corrected chi connectivity index (χ0v) is 15.0. The molecule has 0 radical (unpaired) electrons. The van der Waals surface area contributed by atoms with E-state index in [-0.39, 0.29) is 24.1 Å². The first-order valence-electron chi connectivity index (χ1n) is 7.47. The number of nitrogens with one attached hydrogen (secondary N) is 1. The molecule has 6 nitrogen and oxygen atoms in total. The average Bonchev–Trinajstić information content (AvgIpc) is 2.46. The van der Waals surface area contributed by atoms with Crippen LogP contribution >= 0.6 is 0 Å². The number of rotatable bonds is 9. The first kappa shape index (κ1) is 19.4. The zero-order chi connectivity index (χ0) is 17.5. The summed E-state index contributed by atoms with van der Waals surface area (Å²) < 4.78 is 27.3. The largest absolute Gasteiger partial charge is 0.497 e. The van der Waals surface area contributed by atoms with Crippen molar-refractivity contribution in [3.05, 3.63) is 29.8 Å². The molecule has 0 aliphatic heterocycles. The highest BCUT2D eigenvalue weighted by atomic mass is 32.2. The first-order chi connectivity index (χ1) is 10.7. The minimum atomic E-state index is -3.01. The van der Waals surface area contributed by atoms with E-state index in [9.17, 15) is 13.2 Å². The molecule has 0 aliphatic carbocycles. The molecule has 1 amide bonds. The number of benzene rings is 1. The summed E-state index contributed by atoms with van der Waals surface area (Å²) in [4.78, 5) is 13.9. The van der Waals surface area contributed by atoms with Gasteiger partial charge in [-0.05, 0) is 38.2 Å². The Labute approximate surface area is 138 Å². The molecule has 130 valence electrons. The van der Waals surface area contributed by atoms with E-state index in [2.05, 4.69) is 5.32 Å². The second kappa shape index (κ2) is 8.88. The molecular formula is C16H26N2O4S. The Kier molecular flexibility index (Phi) is 7.51. The van der Waals surface area contributed by atoms with Crippen LogP contribution in [0.25, 0.3) is 0 Å². The first-order valence-corrected chi connectivity index (χ1v) is 9.54. The number of nitrogens with zero attached hydrogens (tertiary/aromatic N) is 1. The van der Waals surface area contributed by atoms with Gasteiger partial charge in [-0.25, -0.2) is 8.42 Å². The van der Waals surface area contributed by atoms with Gasteiger partial charge in [0.15, 0.2) is 0 Å². The van der Waals surface area contributed by atoms with Crippen LogP contribution in [0.1, 0.15) is 24.4 Å². The van der Waals surface area contributed by atoms with E-state index in [0.29, 0.717) is 13.0 Å². The number of carbonyl (C=O) groups is 1. The predicted octanol–water partition coefficient (Wildman–Crippen LogP) is 1.24. The molecule has 0 heterocycles. The Hall–Kier alpha value is -1.60. The van der Waals surface area contributed by atoms with Crippen molar-refractivity contribution in [2.75, 3.05) is 39.8 Å². The molecule has 0 spiro atoms. The number of sulfone groups is 1. The predicted molar refractivity (Wildman–Crippen MR) is 91.4 cm³/mol. The molecule has 0 bridgehead atoms. The van der Waals surface area contributed by atoms with Crippen molar-refractivity contribution in [2.45, 2.75) is 18.9 Å². The number of hydrogen-bond acceptors (Lipinski definition) is 5. The van der Waals surface area contributed by atoms with E-state index in [4.69, 9.17) is 4.74 Å². The van der Waals surface area contributed by atoms with Gasteiger partial charge < -0.3 is 15.0 Å². The fourth-order valence-corrected chi connectivity index (χ4v) is 2.89. The van der Waals surface area contributed by atoms with Crippen molar-refractivity contribution in [1.82, 2.24) is 10.2 Å². The van der Waals surface area contributed by atoms with Crippen molar-refractivity contribution in [1.29, 1.82) is 0 Å². The van der Waals surface area contributed by atoms with Gasteiger partial charge in [0.1, 0.15) is 15.6 Å². The SMILES string of the molecule is COc1ccc(C(CNC(=O)CCCS(C)(=O)=O)N(C)C)cc1. The molecule has 1 unspecified atom stereocenters. The fraction of sp³-hybridized carbons (Fsp3) is 0.562. The van der Waals surface area contributed by atoms with Crippen molar-refractivity contribution >= 4 is 15.7 Å². The van der Waals surface area contributed by atoms with Crippen LogP contribution in [0.3, 0.4) is 0 Å². The molecule has 0 fully saturated rings. The molecule has 23 heavy (non-hydrogen) atoms. The van der Waals surface area contributed by atoms with Crippen molar-refractivity contribution in [3.8, 4) is 5.75 Å². The molecule has 7 heteroatoms. The Morgan fingerprint density at radius 1 is 1.26 bits per heavy atom. The molecular weight excluding hydrogens is 316 g/mol. The highest BCUT2D eigenvalue weighted by molar-refractivity contribution is 7.90. The van der Waals surface area contributed by atoms with E-state index in [1.165, 1.54) is 6.26 Å². The summed E-state index contributed by atoms with van der Waals surface area (Å²) in [5.74, 6) is 0.695. The lowest BCUT2D eigenvalue weighted by Gasteiger charge is -2.25. The number of carbonyl (C=O) groups excluding carboxylic acids is 1.